The minimum atomic E-state index is -0.280. The highest BCUT2D eigenvalue weighted by atomic mass is 16.5. The van der Waals surface area contributed by atoms with Gasteiger partial charge in [0.1, 0.15) is 11.6 Å². The number of anilines is 1. The number of nitrogens with zero attached hydrogens (tertiary/aromatic N) is 8. The van der Waals surface area contributed by atoms with E-state index in [0.29, 0.717) is 25.1 Å². The largest absolute Gasteiger partial charge is 0.378 e. The highest BCUT2D eigenvalue weighted by Crippen LogP contribution is 2.30. The van der Waals surface area contributed by atoms with Crippen LogP contribution in [0, 0.1) is 5.92 Å². The van der Waals surface area contributed by atoms with E-state index in [4.69, 9.17) is 30.4 Å². The van der Waals surface area contributed by atoms with Gasteiger partial charge in [0.25, 0.3) is 0 Å². The second kappa shape index (κ2) is 9.38. The van der Waals surface area contributed by atoms with Crippen LogP contribution < -0.4 is 10.6 Å². The summed E-state index contributed by atoms with van der Waals surface area (Å²) < 4.78 is 9.78. The Bertz CT molecular complexity index is 1460. The normalized spacial score (nSPS) is 18.0. The van der Waals surface area contributed by atoms with Gasteiger partial charge in [0.2, 0.25) is 11.9 Å². The summed E-state index contributed by atoms with van der Waals surface area (Å²) in [7, 11) is 2.03. The lowest BCUT2D eigenvalue weighted by Gasteiger charge is -2.41. The number of amides is 1. The van der Waals surface area contributed by atoms with E-state index >= 15 is 0 Å². The number of likely N-dealkylation sites (tertiary alicyclic amines) is 1. The molecule has 0 bridgehead atoms. The molecular formula is C26H33N9O2. The number of fused-ring (bicyclic) bond motifs is 2. The molecular weight excluding hydrogens is 470 g/mol. The molecule has 2 fully saturated rings. The van der Waals surface area contributed by atoms with E-state index in [-0.39, 0.29) is 11.9 Å². The van der Waals surface area contributed by atoms with Gasteiger partial charge in [-0.3, -0.25) is 14.3 Å². The van der Waals surface area contributed by atoms with Crippen LogP contribution >= 0.6 is 0 Å². The van der Waals surface area contributed by atoms with Crippen molar-refractivity contribution in [2.75, 3.05) is 44.3 Å². The summed E-state index contributed by atoms with van der Waals surface area (Å²) in [5.41, 5.74) is 9.03. The number of primary amides is 1. The van der Waals surface area contributed by atoms with Crippen molar-refractivity contribution in [2.24, 2.45) is 18.7 Å². The van der Waals surface area contributed by atoms with E-state index in [1.54, 1.807) is 0 Å². The van der Waals surface area contributed by atoms with Gasteiger partial charge in [-0.25, -0.2) is 9.97 Å². The van der Waals surface area contributed by atoms with Crippen LogP contribution in [0.1, 0.15) is 25.5 Å². The van der Waals surface area contributed by atoms with Gasteiger partial charge in [0, 0.05) is 46.1 Å². The number of aromatic nitrogens is 6. The van der Waals surface area contributed by atoms with Crippen molar-refractivity contribution >= 4 is 33.9 Å². The van der Waals surface area contributed by atoms with Gasteiger partial charge in [-0.05, 0) is 25.0 Å². The first kappa shape index (κ1) is 23.8. The average Bonchev–Trinajstić information content (AvgIpc) is 3.42. The number of carbonyl (C=O) groups excluding carboxylic acids is 1. The van der Waals surface area contributed by atoms with Gasteiger partial charge < -0.3 is 19.9 Å². The zero-order chi connectivity index (χ0) is 25.7. The van der Waals surface area contributed by atoms with Crippen molar-refractivity contribution in [1.29, 1.82) is 0 Å². The molecule has 0 saturated carbocycles. The van der Waals surface area contributed by atoms with Crippen LogP contribution in [-0.2, 0) is 29.4 Å². The van der Waals surface area contributed by atoms with Crippen LogP contribution in [0.2, 0.25) is 0 Å². The third-order valence-corrected chi connectivity index (χ3v) is 7.65. The fraction of sp³-hybridized carbons (Fsp3) is 0.500. The van der Waals surface area contributed by atoms with E-state index in [1.807, 2.05) is 32.2 Å². The number of aryl methyl sites for hydroxylation is 2. The Morgan fingerprint density at radius 2 is 1.86 bits per heavy atom. The number of rotatable bonds is 7. The van der Waals surface area contributed by atoms with Crippen LogP contribution in [0.5, 0.6) is 0 Å². The van der Waals surface area contributed by atoms with Crippen LogP contribution in [0.25, 0.3) is 28.1 Å². The molecule has 2 saturated heterocycles. The fourth-order valence-electron chi connectivity index (χ4n) is 5.39. The van der Waals surface area contributed by atoms with Crippen LogP contribution in [0.4, 0.5) is 5.82 Å². The molecule has 5 heterocycles. The minimum absolute atomic E-state index is 0.240. The second-order valence-electron chi connectivity index (χ2n) is 10.0. The number of ether oxygens (including phenoxy) is 1. The van der Waals surface area contributed by atoms with E-state index in [1.165, 1.54) is 0 Å². The Kier molecular flexibility index (Phi) is 6.04. The van der Waals surface area contributed by atoms with Gasteiger partial charge in [0.05, 0.1) is 30.3 Å². The molecule has 3 aromatic heterocycles. The third-order valence-electron chi connectivity index (χ3n) is 7.65. The van der Waals surface area contributed by atoms with Crippen LogP contribution in [0.15, 0.2) is 24.3 Å². The van der Waals surface area contributed by atoms with Crippen molar-refractivity contribution in [1.82, 2.24) is 34.0 Å². The molecule has 0 radical (unpaired) electrons. The topological polar surface area (TPSA) is 120 Å². The molecule has 1 atom stereocenters. The van der Waals surface area contributed by atoms with Crippen LogP contribution in [0.3, 0.4) is 0 Å². The van der Waals surface area contributed by atoms with Crippen molar-refractivity contribution in [2.45, 2.75) is 32.7 Å². The van der Waals surface area contributed by atoms with E-state index in [0.717, 1.165) is 78.7 Å². The first-order chi connectivity index (χ1) is 17.9. The Labute approximate surface area is 215 Å². The van der Waals surface area contributed by atoms with Gasteiger partial charge in [-0.2, -0.15) is 9.97 Å². The molecule has 11 heteroatoms. The second-order valence-corrected chi connectivity index (χ2v) is 10.0. The predicted molar refractivity (Wildman–Crippen MR) is 141 cm³/mol. The number of nitrogens with two attached hydrogens (primary N) is 1. The summed E-state index contributed by atoms with van der Waals surface area (Å²) in [6.45, 7) is 8.46. The first-order valence-electron chi connectivity index (χ1n) is 13.0. The van der Waals surface area contributed by atoms with E-state index < -0.39 is 0 Å². The number of para-hydroxylation sites is 2. The maximum absolute atomic E-state index is 11.5. The fourth-order valence-corrected chi connectivity index (χ4v) is 5.39. The maximum Gasteiger partial charge on any atom is 0.239 e. The van der Waals surface area contributed by atoms with Gasteiger partial charge in [-0.1, -0.05) is 19.1 Å². The summed E-state index contributed by atoms with van der Waals surface area (Å²) in [6.07, 6.45) is 1.57. The summed E-state index contributed by atoms with van der Waals surface area (Å²) >= 11 is 0. The molecule has 11 nitrogen and oxygen atoms in total. The molecule has 2 aliphatic heterocycles. The number of carbonyl (C=O) groups is 1. The maximum atomic E-state index is 11.5. The summed E-state index contributed by atoms with van der Waals surface area (Å²) in [6, 6.07) is 7.87. The number of benzene rings is 1. The monoisotopic (exact) mass is 503 g/mol. The third kappa shape index (κ3) is 4.11. The Morgan fingerprint density at radius 3 is 2.59 bits per heavy atom. The minimum Gasteiger partial charge on any atom is -0.378 e. The number of hydrogen-bond acceptors (Lipinski definition) is 8. The standard InChI is InChI=1S/C26H33N9O2/c1-4-20-28-18-7-5-6-8-19(18)35(20)26-30-24-22(25(31-26)33-9-11-37-12-10-33)29-21(32(24)3)13-17-14-34(15-17)16(2)23(27)36/h5-8,16-17H,4,9-15H2,1-3H3,(H2,27,36). The summed E-state index contributed by atoms with van der Waals surface area (Å²) in [5, 5.41) is 0. The van der Waals surface area contributed by atoms with Gasteiger partial charge in [0.15, 0.2) is 17.0 Å². The van der Waals surface area contributed by atoms with Crippen molar-refractivity contribution in [3.05, 3.63) is 35.9 Å². The molecule has 2 N–H and O–H groups in total. The Balaban J connectivity index is 1.42. The number of imidazole rings is 2. The Hall–Kier alpha value is -3.57. The smallest absolute Gasteiger partial charge is 0.239 e. The first-order valence-corrected chi connectivity index (χ1v) is 13.0. The molecule has 6 rings (SSSR count). The quantitative estimate of drug-likeness (QED) is 0.402. The molecule has 0 spiro atoms. The highest BCUT2D eigenvalue weighted by Gasteiger charge is 2.34. The van der Waals surface area contributed by atoms with Crippen molar-refractivity contribution in [3.8, 4) is 5.95 Å². The lowest BCUT2D eigenvalue weighted by molar-refractivity contribution is -0.125. The molecule has 1 amide bonds. The molecule has 0 aliphatic carbocycles. The van der Waals surface area contributed by atoms with Crippen molar-refractivity contribution < 1.29 is 9.53 Å². The van der Waals surface area contributed by atoms with Crippen molar-refractivity contribution in [3.63, 3.8) is 0 Å². The lowest BCUT2D eigenvalue weighted by atomic mass is 9.94. The highest BCUT2D eigenvalue weighted by molar-refractivity contribution is 5.86. The molecule has 4 aromatic rings. The van der Waals surface area contributed by atoms with E-state index in [9.17, 15) is 4.79 Å². The average molecular weight is 504 g/mol. The molecule has 37 heavy (non-hydrogen) atoms. The summed E-state index contributed by atoms with van der Waals surface area (Å²) in [4.78, 5) is 36.0. The zero-order valence-electron chi connectivity index (χ0n) is 21.6. The molecule has 1 aromatic carbocycles. The lowest BCUT2D eigenvalue weighted by Crippen LogP contribution is -2.55. The zero-order valence-corrected chi connectivity index (χ0v) is 21.6. The SMILES string of the molecule is CCc1nc2ccccc2n1-c1nc(N2CCOCC2)c2nc(CC3CN(C(C)C(N)=O)C3)n(C)c2n1. The summed E-state index contributed by atoms with van der Waals surface area (Å²) in [5.74, 6) is 3.48. The molecule has 1 unspecified atom stereocenters. The van der Waals surface area contributed by atoms with E-state index in [2.05, 4.69) is 31.9 Å². The number of morpholine rings is 1. The Morgan fingerprint density at radius 1 is 1.11 bits per heavy atom. The molecule has 194 valence electrons. The molecule has 2 aliphatic rings. The van der Waals surface area contributed by atoms with Crippen LogP contribution in [-0.4, -0.2) is 85.3 Å². The number of hydrogen-bond donors (Lipinski definition) is 1. The predicted octanol–water partition coefficient (Wildman–Crippen LogP) is 1.45. The van der Waals surface area contributed by atoms with Gasteiger partial charge in [-0.15, -0.1) is 0 Å². The van der Waals surface area contributed by atoms with Gasteiger partial charge >= 0.3 is 0 Å².